The molecule has 2 heterocycles. The van der Waals surface area contributed by atoms with E-state index in [2.05, 4.69) is 14.3 Å². The molecule has 1 unspecified atom stereocenters. The zero-order chi connectivity index (χ0) is 9.97. The van der Waals surface area contributed by atoms with E-state index in [0.29, 0.717) is 0 Å². The molecule has 1 atom stereocenters. The number of carbonyl (C=O) groups is 1. The largest absolute Gasteiger partial charge is 0.337 e. The predicted molar refractivity (Wildman–Crippen MR) is 55.7 cm³/mol. The number of hydrogen-bond acceptors (Lipinski definition) is 5. The first-order valence-corrected chi connectivity index (χ1v) is 5.61. The minimum Gasteiger partial charge on any atom is -0.337 e. The maximum atomic E-state index is 10.9. The Labute approximate surface area is 87.1 Å². The number of aromatic nitrogens is 2. The van der Waals surface area contributed by atoms with Crippen LogP contribution in [0.5, 0.6) is 0 Å². The number of anilines is 1. The Balaban J connectivity index is 2.18. The Hall–Kier alpha value is -0.970. The highest BCUT2D eigenvalue weighted by atomic mass is 32.1. The first-order chi connectivity index (χ1) is 6.81. The molecule has 0 bridgehead atoms. The highest BCUT2D eigenvalue weighted by Gasteiger charge is 2.24. The Bertz CT molecular complexity index is 326. The topological polar surface area (TPSA) is 46.1 Å². The molecule has 0 spiro atoms. The van der Waals surface area contributed by atoms with Crippen molar-refractivity contribution in [3.05, 3.63) is 5.82 Å². The molecule has 0 aliphatic carbocycles. The molecule has 1 aliphatic rings. The number of carbonyl (C=O) groups excluding carboxylic acids is 1. The first-order valence-electron chi connectivity index (χ1n) is 4.83. The summed E-state index contributed by atoms with van der Waals surface area (Å²) >= 11 is 1.38. The molecule has 1 aromatic heterocycles. The van der Waals surface area contributed by atoms with Crippen LogP contribution in [0.3, 0.4) is 0 Å². The van der Waals surface area contributed by atoms with Crippen molar-refractivity contribution < 1.29 is 4.79 Å². The summed E-state index contributed by atoms with van der Waals surface area (Å²) < 4.78 is 4.13. The van der Waals surface area contributed by atoms with Crippen molar-refractivity contribution >= 4 is 23.0 Å². The maximum Gasteiger partial charge on any atom is 0.205 e. The van der Waals surface area contributed by atoms with Gasteiger partial charge in [0.25, 0.3) is 0 Å². The van der Waals surface area contributed by atoms with Gasteiger partial charge in [-0.3, -0.25) is 0 Å². The number of aldehydes is 1. The summed E-state index contributed by atoms with van der Waals surface area (Å²) in [4.78, 5) is 17.2. The molecular weight excluding hydrogens is 198 g/mol. The van der Waals surface area contributed by atoms with E-state index in [1.165, 1.54) is 11.5 Å². The lowest BCUT2D eigenvalue weighted by Crippen LogP contribution is -2.40. The Morgan fingerprint density at radius 1 is 1.57 bits per heavy atom. The van der Waals surface area contributed by atoms with Crippen LogP contribution in [0.2, 0.25) is 0 Å². The second kappa shape index (κ2) is 4.04. The van der Waals surface area contributed by atoms with Crippen LogP contribution in [-0.2, 0) is 4.79 Å². The summed E-state index contributed by atoms with van der Waals surface area (Å²) in [6, 6.07) is 0.0103. The van der Waals surface area contributed by atoms with Crippen LogP contribution in [0.15, 0.2) is 0 Å². The molecule has 14 heavy (non-hydrogen) atoms. The van der Waals surface area contributed by atoms with Gasteiger partial charge in [-0.15, -0.1) is 0 Å². The Morgan fingerprint density at radius 3 is 3.07 bits per heavy atom. The van der Waals surface area contributed by atoms with Crippen LogP contribution in [0, 0.1) is 6.92 Å². The summed E-state index contributed by atoms with van der Waals surface area (Å²) in [5, 5.41) is 0.888. The van der Waals surface area contributed by atoms with Crippen LogP contribution in [0.4, 0.5) is 5.13 Å². The van der Waals surface area contributed by atoms with Gasteiger partial charge >= 0.3 is 0 Å². The van der Waals surface area contributed by atoms with Crippen molar-refractivity contribution in [1.82, 2.24) is 9.36 Å². The maximum absolute atomic E-state index is 10.9. The third-order valence-electron chi connectivity index (χ3n) is 2.47. The van der Waals surface area contributed by atoms with Gasteiger partial charge in [-0.25, -0.2) is 4.98 Å². The van der Waals surface area contributed by atoms with Gasteiger partial charge in [0.1, 0.15) is 12.1 Å². The zero-order valence-corrected chi connectivity index (χ0v) is 8.96. The molecule has 1 aromatic rings. The van der Waals surface area contributed by atoms with E-state index >= 15 is 0 Å². The smallest absolute Gasteiger partial charge is 0.205 e. The van der Waals surface area contributed by atoms with E-state index in [9.17, 15) is 4.79 Å². The van der Waals surface area contributed by atoms with Crippen molar-refractivity contribution in [2.75, 3.05) is 11.4 Å². The first kappa shape index (κ1) is 9.58. The quantitative estimate of drug-likeness (QED) is 0.694. The molecule has 0 saturated carbocycles. The van der Waals surface area contributed by atoms with Crippen molar-refractivity contribution in [3.63, 3.8) is 0 Å². The lowest BCUT2D eigenvalue weighted by molar-refractivity contribution is -0.109. The van der Waals surface area contributed by atoms with Gasteiger partial charge in [0.2, 0.25) is 5.13 Å². The Kier molecular flexibility index (Phi) is 2.77. The van der Waals surface area contributed by atoms with Crippen LogP contribution in [0.1, 0.15) is 25.1 Å². The van der Waals surface area contributed by atoms with Crippen LogP contribution in [0.25, 0.3) is 0 Å². The van der Waals surface area contributed by atoms with Gasteiger partial charge in [0.05, 0.1) is 6.04 Å². The standard InChI is InChI=1S/C9H13N3OS/c1-7-10-9(14-11-7)12-5-3-2-4-8(12)6-13/h6,8H,2-5H2,1H3. The minimum absolute atomic E-state index is 0.0103. The number of nitrogens with zero attached hydrogens (tertiary/aromatic N) is 3. The van der Waals surface area contributed by atoms with Gasteiger partial charge < -0.3 is 9.69 Å². The third-order valence-corrected chi connectivity index (χ3v) is 3.31. The fourth-order valence-corrected chi connectivity index (χ4v) is 2.50. The van der Waals surface area contributed by atoms with Crippen LogP contribution >= 0.6 is 11.5 Å². The molecule has 0 aromatic carbocycles. The second-order valence-corrected chi connectivity index (χ2v) is 4.25. The molecule has 0 amide bonds. The molecule has 1 fully saturated rings. The molecule has 4 nitrogen and oxygen atoms in total. The van der Waals surface area contributed by atoms with Crippen molar-refractivity contribution in [2.45, 2.75) is 32.2 Å². The minimum atomic E-state index is 0.0103. The average Bonchev–Trinajstić information content (AvgIpc) is 2.65. The van der Waals surface area contributed by atoms with Crippen molar-refractivity contribution in [2.24, 2.45) is 0 Å². The number of piperidine rings is 1. The summed E-state index contributed by atoms with van der Waals surface area (Å²) in [6.07, 6.45) is 4.25. The zero-order valence-electron chi connectivity index (χ0n) is 8.14. The van der Waals surface area contributed by atoms with Gasteiger partial charge in [-0.05, 0) is 26.2 Å². The Morgan fingerprint density at radius 2 is 2.43 bits per heavy atom. The van der Waals surface area contributed by atoms with Gasteiger partial charge in [0, 0.05) is 18.1 Å². The molecule has 5 heteroatoms. The fourth-order valence-electron chi connectivity index (χ4n) is 1.74. The number of aryl methyl sites for hydroxylation is 1. The van der Waals surface area contributed by atoms with Crippen LogP contribution in [-0.4, -0.2) is 28.2 Å². The van der Waals surface area contributed by atoms with E-state index in [4.69, 9.17) is 0 Å². The van der Waals surface area contributed by atoms with Crippen LogP contribution < -0.4 is 4.90 Å². The van der Waals surface area contributed by atoms with E-state index in [0.717, 1.165) is 43.0 Å². The van der Waals surface area contributed by atoms with Gasteiger partial charge in [0.15, 0.2) is 0 Å². The fraction of sp³-hybridized carbons (Fsp3) is 0.667. The second-order valence-electron chi connectivity index (χ2n) is 3.52. The summed E-state index contributed by atoms with van der Waals surface area (Å²) in [6.45, 7) is 2.80. The SMILES string of the molecule is Cc1nsc(N2CCCCC2C=O)n1. The van der Waals surface area contributed by atoms with E-state index in [1.807, 2.05) is 6.92 Å². The molecule has 1 saturated heterocycles. The number of rotatable bonds is 2. The number of hydrogen-bond donors (Lipinski definition) is 0. The normalized spacial score (nSPS) is 22.4. The van der Waals surface area contributed by atoms with Gasteiger partial charge in [-0.1, -0.05) is 0 Å². The molecule has 0 N–H and O–H groups in total. The molecule has 2 rings (SSSR count). The summed E-state index contributed by atoms with van der Waals surface area (Å²) in [7, 11) is 0. The lowest BCUT2D eigenvalue weighted by atomic mass is 10.0. The third kappa shape index (κ3) is 1.77. The average molecular weight is 211 g/mol. The highest BCUT2D eigenvalue weighted by Crippen LogP contribution is 2.25. The van der Waals surface area contributed by atoms with Crippen molar-refractivity contribution in [1.29, 1.82) is 0 Å². The molecular formula is C9H13N3OS. The monoisotopic (exact) mass is 211 g/mol. The molecule has 0 radical (unpaired) electrons. The summed E-state index contributed by atoms with van der Waals surface area (Å²) in [5.74, 6) is 0.792. The molecule has 76 valence electrons. The summed E-state index contributed by atoms with van der Waals surface area (Å²) in [5.41, 5.74) is 0. The van der Waals surface area contributed by atoms with Crippen molar-refractivity contribution in [3.8, 4) is 0 Å². The molecule has 1 aliphatic heterocycles. The van der Waals surface area contributed by atoms with E-state index < -0.39 is 0 Å². The van der Waals surface area contributed by atoms with E-state index in [1.54, 1.807) is 0 Å². The predicted octanol–water partition coefficient (Wildman–Crippen LogP) is 1.40. The highest BCUT2D eigenvalue weighted by molar-refractivity contribution is 7.09. The lowest BCUT2D eigenvalue weighted by Gasteiger charge is -2.31. The van der Waals surface area contributed by atoms with E-state index in [-0.39, 0.29) is 6.04 Å². The van der Waals surface area contributed by atoms with Gasteiger partial charge in [-0.2, -0.15) is 4.37 Å².